The SMILES string of the molecule is C[C@@H](O)[C@H]1C(=O)N2C(C(=O)OC(c3ccccc3)[N+](=O)[O-])=C(c3cn4c(-c5ccccc5)nc(C(=O)c5cccnc5)c4s3)[C@H](C)[C@H]12. The molecule has 13 heteroatoms. The zero-order valence-electron chi connectivity index (χ0n) is 25.1. The summed E-state index contributed by atoms with van der Waals surface area (Å²) in [5, 5.41) is 22.5. The lowest BCUT2D eigenvalue weighted by Crippen LogP contribution is -2.63. The first kappa shape index (κ1) is 30.1. The highest BCUT2D eigenvalue weighted by Gasteiger charge is 2.60. The molecule has 0 aliphatic carbocycles. The third kappa shape index (κ3) is 4.91. The molecular weight excluding hydrogens is 622 g/mol. The van der Waals surface area contributed by atoms with Crippen LogP contribution in [-0.4, -0.2) is 59.1 Å². The molecule has 0 bridgehead atoms. The van der Waals surface area contributed by atoms with Crippen molar-refractivity contribution in [2.75, 3.05) is 0 Å². The minimum absolute atomic E-state index is 0.119. The number of amides is 1. The van der Waals surface area contributed by atoms with Crippen LogP contribution < -0.4 is 0 Å². The second-order valence-electron chi connectivity index (χ2n) is 11.5. The Morgan fingerprint density at radius 3 is 2.40 bits per heavy atom. The van der Waals surface area contributed by atoms with Gasteiger partial charge in [0.25, 0.3) is 0 Å². The molecule has 1 unspecified atom stereocenters. The number of ether oxygens (including phenoxy) is 1. The van der Waals surface area contributed by atoms with Crippen molar-refractivity contribution in [1.82, 2.24) is 19.3 Å². The van der Waals surface area contributed by atoms with Crippen molar-refractivity contribution in [3.05, 3.63) is 129 Å². The van der Waals surface area contributed by atoms with Gasteiger partial charge in [-0.3, -0.25) is 29.1 Å². The number of aromatic nitrogens is 3. The molecule has 3 aromatic heterocycles. The van der Waals surface area contributed by atoms with Gasteiger partial charge in [-0.2, -0.15) is 0 Å². The fourth-order valence-electron chi connectivity index (χ4n) is 6.47. The third-order valence-electron chi connectivity index (χ3n) is 8.62. The average molecular weight is 650 g/mol. The maximum Gasteiger partial charge on any atom is 0.383 e. The number of nitro groups is 1. The van der Waals surface area contributed by atoms with Gasteiger partial charge in [0.05, 0.1) is 33.4 Å². The number of benzene rings is 2. The van der Waals surface area contributed by atoms with Crippen LogP contribution in [0.15, 0.2) is 97.1 Å². The predicted octanol–water partition coefficient (Wildman–Crippen LogP) is 4.78. The van der Waals surface area contributed by atoms with E-state index in [0.717, 1.165) is 5.56 Å². The van der Waals surface area contributed by atoms with E-state index < -0.39 is 47.0 Å². The van der Waals surface area contributed by atoms with Gasteiger partial charge in [-0.05, 0) is 31.2 Å². The van der Waals surface area contributed by atoms with Crippen molar-refractivity contribution in [1.29, 1.82) is 0 Å². The van der Waals surface area contributed by atoms with Crippen LogP contribution in [0, 0.1) is 22.0 Å². The van der Waals surface area contributed by atoms with Gasteiger partial charge in [-0.1, -0.05) is 55.5 Å². The quantitative estimate of drug-likeness (QED) is 0.0593. The summed E-state index contributed by atoms with van der Waals surface area (Å²) in [5.41, 5.74) is 1.75. The fourth-order valence-corrected chi connectivity index (χ4v) is 7.70. The third-order valence-corrected chi connectivity index (χ3v) is 9.75. The molecule has 1 saturated heterocycles. The maximum absolute atomic E-state index is 14.0. The highest BCUT2D eigenvalue weighted by molar-refractivity contribution is 7.18. The van der Waals surface area contributed by atoms with E-state index in [9.17, 15) is 29.6 Å². The largest absolute Gasteiger partial charge is 0.393 e. The van der Waals surface area contributed by atoms with Crippen molar-refractivity contribution >= 4 is 39.4 Å². The Kier molecular flexibility index (Phi) is 7.49. The van der Waals surface area contributed by atoms with Crippen molar-refractivity contribution in [3.8, 4) is 11.4 Å². The van der Waals surface area contributed by atoms with E-state index in [-0.39, 0.29) is 22.7 Å². The molecule has 0 radical (unpaired) electrons. The minimum Gasteiger partial charge on any atom is -0.393 e. The topological polar surface area (TPSA) is 157 Å². The molecule has 5 atom stereocenters. The molecule has 2 aromatic carbocycles. The van der Waals surface area contributed by atoms with Gasteiger partial charge in [-0.25, -0.2) is 9.78 Å². The van der Waals surface area contributed by atoms with Gasteiger partial charge in [0, 0.05) is 41.2 Å². The second-order valence-corrected chi connectivity index (χ2v) is 12.5. The Balaban J connectivity index is 1.40. The van der Waals surface area contributed by atoms with Crippen molar-refractivity contribution in [2.45, 2.75) is 32.2 Å². The summed E-state index contributed by atoms with van der Waals surface area (Å²) in [6, 6.07) is 19.9. The number of β-lactam (4-membered cyclic amide) rings is 1. The Bertz CT molecular complexity index is 2080. The Labute approximate surface area is 271 Å². The number of hydrogen-bond donors (Lipinski definition) is 1. The summed E-state index contributed by atoms with van der Waals surface area (Å²) in [5.74, 6) is -2.61. The first-order valence-corrected chi connectivity index (χ1v) is 15.7. The Morgan fingerprint density at radius 1 is 1.06 bits per heavy atom. The second kappa shape index (κ2) is 11.7. The van der Waals surface area contributed by atoms with Crippen LogP contribution in [-0.2, 0) is 14.3 Å². The van der Waals surface area contributed by atoms with Crippen molar-refractivity contribution in [3.63, 3.8) is 0 Å². The number of aliphatic hydroxyl groups excluding tert-OH is 1. The lowest BCUT2D eigenvalue weighted by Gasteiger charge is -2.46. The molecule has 2 aliphatic rings. The van der Waals surface area contributed by atoms with Crippen molar-refractivity contribution < 1.29 is 29.2 Å². The molecule has 5 heterocycles. The maximum atomic E-state index is 14.0. The number of carbonyl (C=O) groups excluding carboxylic acids is 3. The minimum atomic E-state index is -1.81. The summed E-state index contributed by atoms with van der Waals surface area (Å²) >= 11 is 1.21. The van der Waals surface area contributed by atoms with E-state index in [4.69, 9.17) is 9.72 Å². The van der Waals surface area contributed by atoms with Gasteiger partial charge in [0.2, 0.25) is 11.7 Å². The number of hydrogen-bond acceptors (Lipinski definition) is 10. The van der Waals surface area contributed by atoms with E-state index in [1.165, 1.54) is 41.5 Å². The number of nitrogens with zero attached hydrogens (tertiary/aromatic N) is 5. The van der Waals surface area contributed by atoms with Gasteiger partial charge >= 0.3 is 12.2 Å². The van der Waals surface area contributed by atoms with E-state index >= 15 is 0 Å². The lowest BCUT2D eigenvalue weighted by atomic mass is 9.77. The molecule has 0 spiro atoms. The summed E-state index contributed by atoms with van der Waals surface area (Å²) in [6.07, 6.45) is 1.98. The van der Waals surface area contributed by atoms with E-state index in [1.54, 1.807) is 47.1 Å². The number of rotatable bonds is 9. The van der Waals surface area contributed by atoms with Gasteiger partial charge in [-0.15, -0.1) is 11.3 Å². The number of carbonyl (C=O) groups is 3. The Hall–Kier alpha value is -5.53. The molecule has 0 saturated carbocycles. The number of imidazole rings is 1. The lowest BCUT2D eigenvalue weighted by molar-refractivity contribution is -0.575. The zero-order chi connectivity index (χ0) is 33.0. The van der Waals surface area contributed by atoms with E-state index in [0.29, 0.717) is 26.7 Å². The normalized spacial score (nSPS) is 20.1. The van der Waals surface area contributed by atoms with Crippen molar-refractivity contribution in [2.24, 2.45) is 11.8 Å². The van der Waals surface area contributed by atoms with E-state index in [2.05, 4.69) is 4.98 Å². The molecule has 236 valence electrons. The number of esters is 1. The molecule has 2 aliphatic heterocycles. The molecule has 47 heavy (non-hydrogen) atoms. The summed E-state index contributed by atoms with van der Waals surface area (Å²) in [6.45, 7) is 3.36. The predicted molar refractivity (Wildman–Crippen MR) is 170 cm³/mol. The number of thiazole rings is 1. The smallest absolute Gasteiger partial charge is 0.383 e. The number of aliphatic hydroxyl groups is 1. The average Bonchev–Trinajstić information content (AvgIpc) is 3.72. The van der Waals surface area contributed by atoms with Gasteiger partial charge in [0.1, 0.15) is 22.0 Å². The van der Waals surface area contributed by atoms with Crippen LogP contribution in [0.5, 0.6) is 0 Å². The number of fused-ring (bicyclic) bond motifs is 2. The van der Waals surface area contributed by atoms with Crippen LogP contribution >= 0.6 is 11.3 Å². The standard InChI is InChI=1S/C34H27N5O7S/c1-18-24(28(38-27(18)25(19(2)40)31(38)42)34(43)46-32(39(44)45)21-12-7-4-8-13-21)23-17-37-30(20-10-5-3-6-11-20)36-26(33(37)47-23)29(41)22-14-9-15-35-16-22/h3-19,25,27,32,40H,1-2H3/t18-,19+,25+,27+,32?/m0/s1. The van der Waals surface area contributed by atoms with Gasteiger partial charge < -0.3 is 14.7 Å². The number of ketones is 1. The van der Waals surface area contributed by atoms with Crippen LogP contribution in [0.25, 0.3) is 21.8 Å². The molecule has 1 N–H and O–H groups in total. The highest BCUT2D eigenvalue weighted by Crippen LogP contribution is 2.52. The fraction of sp³-hybridized carbons (Fsp3) is 0.206. The first-order chi connectivity index (χ1) is 22.7. The first-order valence-electron chi connectivity index (χ1n) is 14.8. The van der Waals surface area contributed by atoms with Crippen LogP contribution in [0.4, 0.5) is 0 Å². The summed E-state index contributed by atoms with van der Waals surface area (Å²) < 4.78 is 7.29. The van der Waals surface area contributed by atoms with Crippen LogP contribution in [0.1, 0.15) is 46.6 Å². The summed E-state index contributed by atoms with van der Waals surface area (Å²) in [7, 11) is 0. The molecule has 7 rings (SSSR count). The highest BCUT2D eigenvalue weighted by atomic mass is 32.1. The molecule has 1 fully saturated rings. The molecule has 12 nitrogen and oxygen atoms in total. The number of pyridine rings is 1. The molecular formula is C34H27N5O7S. The van der Waals surface area contributed by atoms with Crippen LogP contribution in [0.3, 0.4) is 0 Å². The monoisotopic (exact) mass is 649 g/mol. The molecule has 1 amide bonds. The Morgan fingerprint density at radius 2 is 1.77 bits per heavy atom. The van der Waals surface area contributed by atoms with Gasteiger partial charge in [0.15, 0.2) is 0 Å². The van der Waals surface area contributed by atoms with Crippen LogP contribution in [0.2, 0.25) is 0 Å². The summed E-state index contributed by atoms with van der Waals surface area (Å²) in [4.78, 5) is 63.6. The molecule has 5 aromatic rings. The van der Waals surface area contributed by atoms with E-state index in [1.807, 2.05) is 37.3 Å². The zero-order valence-corrected chi connectivity index (χ0v) is 25.9.